The zero-order valence-electron chi connectivity index (χ0n) is 8.53. The van der Waals surface area contributed by atoms with Crippen molar-refractivity contribution in [1.29, 1.82) is 0 Å². The Balaban J connectivity index is 2.41. The highest BCUT2D eigenvalue weighted by atomic mass is 35.5. The number of hydrazone groups is 1. The number of carbonyl (C=O) groups excluding carboxylic acids is 2. The Bertz CT molecular complexity index is 551. The summed E-state index contributed by atoms with van der Waals surface area (Å²) in [4.78, 5) is 22.5. The highest BCUT2D eigenvalue weighted by Gasteiger charge is 2.49. The fourth-order valence-electron chi connectivity index (χ4n) is 1.33. The molecule has 1 aromatic carbocycles. The maximum absolute atomic E-state index is 12.4. The van der Waals surface area contributed by atoms with E-state index in [0.29, 0.717) is 10.0 Å². The lowest BCUT2D eigenvalue weighted by Gasteiger charge is -2.10. The summed E-state index contributed by atoms with van der Waals surface area (Å²) in [5, 5.41) is 3.75. The molecule has 0 fully saturated rings. The van der Waals surface area contributed by atoms with E-state index in [9.17, 15) is 22.8 Å². The first-order chi connectivity index (χ1) is 8.30. The van der Waals surface area contributed by atoms with Gasteiger partial charge in [-0.05, 0) is 24.3 Å². The van der Waals surface area contributed by atoms with Crippen LogP contribution in [0.5, 0.6) is 0 Å². The van der Waals surface area contributed by atoms with E-state index in [1.165, 1.54) is 24.3 Å². The molecule has 0 aromatic heterocycles. The van der Waals surface area contributed by atoms with Gasteiger partial charge in [0, 0.05) is 5.02 Å². The molecular weight excluding hydrogens is 273 g/mol. The van der Waals surface area contributed by atoms with Crippen molar-refractivity contribution in [3.63, 3.8) is 0 Å². The van der Waals surface area contributed by atoms with Crippen LogP contribution in [0.3, 0.4) is 0 Å². The van der Waals surface area contributed by atoms with Gasteiger partial charge in [0.05, 0.1) is 5.69 Å². The first kappa shape index (κ1) is 12.6. The van der Waals surface area contributed by atoms with E-state index in [0.717, 1.165) is 0 Å². The number of nitrogens with zero attached hydrogens (tertiary/aromatic N) is 2. The summed E-state index contributed by atoms with van der Waals surface area (Å²) in [5.41, 5.74) is -1.68. The molecule has 1 aromatic rings. The minimum absolute atomic E-state index is 0.0389. The van der Waals surface area contributed by atoms with E-state index in [2.05, 4.69) is 5.10 Å². The molecule has 0 atom stereocenters. The fourth-order valence-corrected chi connectivity index (χ4v) is 1.46. The van der Waals surface area contributed by atoms with Crippen LogP contribution in [-0.4, -0.2) is 23.6 Å². The second-order valence-electron chi connectivity index (χ2n) is 3.37. The van der Waals surface area contributed by atoms with Gasteiger partial charge in [0.25, 0.3) is 5.78 Å². The largest absolute Gasteiger partial charge is 0.439 e. The third kappa shape index (κ3) is 2.08. The number of hydrogen-bond acceptors (Lipinski definition) is 3. The van der Waals surface area contributed by atoms with E-state index in [-0.39, 0.29) is 5.69 Å². The SMILES string of the molecule is O=C1C(=O)N(c2ccc(Cl)cc2)N=C1C(F)(F)F. The average molecular weight is 277 g/mol. The van der Waals surface area contributed by atoms with Gasteiger partial charge in [-0.2, -0.15) is 23.3 Å². The smallest absolute Gasteiger partial charge is 0.281 e. The highest BCUT2D eigenvalue weighted by molar-refractivity contribution is 6.70. The van der Waals surface area contributed by atoms with Gasteiger partial charge in [0.2, 0.25) is 5.71 Å². The summed E-state index contributed by atoms with van der Waals surface area (Å²) in [5.74, 6) is -3.01. The molecule has 1 amide bonds. The second-order valence-corrected chi connectivity index (χ2v) is 3.81. The van der Waals surface area contributed by atoms with E-state index in [4.69, 9.17) is 11.6 Å². The molecule has 0 N–H and O–H groups in total. The summed E-state index contributed by atoms with van der Waals surface area (Å²) in [6.07, 6.45) is -4.95. The van der Waals surface area contributed by atoms with Crippen molar-refractivity contribution in [1.82, 2.24) is 0 Å². The number of carbonyl (C=O) groups is 2. The van der Waals surface area contributed by atoms with Gasteiger partial charge in [0.15, 0.2) is 0 Å². The Morgan fingerprint density at radius 3 is 2.11 bits per heavy atom. The lowest BCUT2D eigenvalue weighted by Crippen LogP contribution is -2.33. The molecule has 0 aliphatic carbocycles. The number of ketones is 1. The molecule has 94 valence electrons. The molecule has 8 heteroatoms. The molecule has 4 nitrogen and oxygen atoms in total. The Kier molecular flexibility index (Phi) is 2.86. The lowest BCUT2D eigenvalue weighted by atomic mass is 10.2. The number of hydrogen-bond donors (Lipinski definition) is 0. The van der Waals surface area contributed by atoms with Gasteiger partial charge in [-0.1, -0.05) is 11.6 Å². The van der Waals surface area contributed by atoms with E-state index in [1.54, 1.807) is 0 Å². The van der Waals surface area contributed by atoms with E-state index < -0.39 is 23.6 Å². The van der Waals surface area contributed by atoms with Crippen LogP contribution in [0, 0.1) is 0 Å². The fraction of sp³-hybridized carbons (Fsp3) is 0.100. The molecule has 0 unspecified atom stereocenters. The van der Waals surface area contributed by atoms with Crippen LogP contribution in [0.4, 0.5) is 18.9 Å². The molecule has 0 saturated heterocycles. The van der Waals surface area contributed by atoms with Crippen molar-refractivity contribution in [2.45, 2.75) is 6.18 Å². The number of anilines is 1. The molecule has 1 aliphatic heterocycles. The first-order valence-electron chi connectivity index (χ1n) is 4.61. The van der Waals surface area contributed by atoms with Gasteiger partial charge < -0.3 is 0 Å². The summed E-state index contributed by atoms with van der Waals surface area (Å²) in [6, 6.07) is 5.32. The van der Waals surface area contributed by atoms with Gasteiger partial charge in [-0.3, -0.25) is 9.59 Å². The van der Waals surface area contributed by atoms with Gasteiger partial charge in [-0.15, -0.1) is 0 Å². The molecule has 1 heterocycles. The topological polar surface area (TPSA) is 49.7 Å². The number of Topliss-reactive ketones (excluding diaryl/α,β-unsaturated/α-hetero) is 1. The summed E-state index contributed by atoms with van der Waals surface area (Å²) < 4.78 is 37.2. The zero-order chi connectivity index (χ0) is 13.5. The Morgan fingerprint density at radius 2 is 1.67 bits per heavy atom. The maximum Gasteiger partial charge on any atom is 0.439 e. The second kappa shape index (κ2) is 4.09. The van der Waals surface area contributed by atoms with Crippen LogP contribution < -0.4 is 5.01 Å². The normalized spacial score (nSPS) is 16.2. The van der Waals surface area contributed by atoms with E-state index >= 15 is 0 Å². The van der Waals surface area contributed by atoms with E-state index in [1.807, 2.05) is 0 Å². The van der Waals surface area contributed by atoms with Crippen molar-refractivity contribution in [3.05, 3.63) is 29.3 Å². The molecule has 18 heavy (non-hydrogen) atoms. The predicted molar refractivity (Wildman–Crippen MR) is 57.4 cm³/mol. The molecule has 2 rings (SSSR count). The van der Waals surface area contributed by atoms with Crippen molar-refractivity contribution in [2.24, 2.45) is 5.10 Å². The molecule has 0 spiro atoms. The summed E-state index contributed by atoms with van der Waals surface area (Å²) in [7, 11) is 0. The predicted octanol–water partition coefficient (Wildman–Crippen LogP) is 2.17. The molecular formula is C10H4ClF3N2O2. The monoisotopic (exact) mass is 276 g/mol. The van der Waals surface area contributed by atoms with Crippen molar-refractivity contribution in [3.8, 4) is 0 Å². The van der Waals surface area contributed by atoms with Crippen LogP contribution in [0.25, 0.3) is 0 Å². The number of alkyl halides is 3. The van der Waals surface area contributed by atoms with Crippen LogP contribution in [0.1, 0.15) is 0 Å². The first-order valence-corrected chi connectivity index (χ1v) is 4.98. The number of benzene rings is 1. The molecule has 0 bridgehead atoms. The number of halogens is 4. The quantitative estimate of drug-likeness (QED) is 0.738. The zero-order valence-corrected chi connectivity index (χ0v) is 9.29. The van der Waals surface area contributed by atoms with Crippen molar-refractivity contribution >= 4 is 34.7 Å². The van der Waals surface area contributed by atoms with Gasteiger partial charge in [-0.25, -0.2) is 0 Å². The Labute approximate surface area is 104 Å². The van der Waals surface area contributed by atoms with Crippen LogP contribution in [0.15, 0.2) is 29.4 Å². The van der Waals surface area contributed by atoms with Crippen molar-refractivity contribution in [2.75, 3.05) is 5.01 Å². The van der Waals surface area contributed by atoms with Crippen LogP contribution >= 0.6 is 11.6 Å². The third-order valence-corrected chi connectivity index (χ3v) is 2.39. The standard InChI is InChI=1S/C10H4ClF3N2O2/c11-5-1-3-6(4-2-5)16-9(18)7(17)8(15-16)10(12,13)14/h1-4H. The number of amides is 1. The highest BCUT2D eigenvalue weighted by Crippen LogP contribution is 2.27. The van der Waals surface area contributed by atoms with Crippen molar-refractivity contribution < 1.29 is 22.8 Å². The Hall–Kier alpha value is -1.89. The lowest BCUT2D eigenvalue weighted by molar-refractivity contribution is -0.133. The van der Waals surface area contributed by atoms with Gasteiger partial charge in [0.1, 0.15) is 0 Å². The maximum atomic E-state index is 12.4. The average Bonchev–Trinajstić information content (AvgIpc) is 2.57. The molecule has 1 aliphatic rings. The minimum atomic E-state index is -4.95. The summed E-state index contributed by atoms with van der Waals surface area (Å²) in [6.45, 7) is 0. The molecule has 0 radical (unpaired) electrons. The van der Waals surface area contributed by atoms with Crippen LogP contribution in [0.2, 0.25) is 5.02 Å². The van der Waals surface area contributed by atoms with Gasteiger partial charge >= 0.3 is 12.1 Å². The number of rotatable bonds is 1. The molecule has 0 saturated carbocycles. The minimum Gasteiger partial charge on any atom is -0.281 e. The summed E-state index contributed by atoms with van der Waals surface area (Å²) >= 11 is 5.60. The Morgan fingerprint density at radius 1 is 1.11 bits per heavy atom. The third-order valence-electron chi connectivity index (χ3n) is 2.14. The van der Waals surface area contributed by atoms with Crippen LogP contribution in [-0.2, 0) is 9.59 Å².